The largest absolute Gasteiger partial charge is 0.496 e. The third kappa shape index (κ3) is 2.15. The Balaban J connectivity index is 2.54. The molecule has 98 valence electrons. The maximum Gasteiger partial charge on any atom is 0.140 e. The number of carbonyl (C=O) groups excluding carboxylic acids is 1. The molecule has 0 atom stereocenters. The normalized spacial score (nSPS) is 18.4. The van der Waals surface area contributed by atoms with Crippen LogP contribution in [0.1, 0.15) is 30.9 Å². The summed E-state index contributed by atoms with van der Waals surface area (Å²) in [5, 5.41) is 3.32. The van der Waals surface area contributed by atoms with Gasteiger partial charge in [0, 0.05) is 5.56 Å². The van der Waals surface area contributed by atoms with Gasteiger partial charge in [-0.05, 0) is 45.8 Å². The van der Waals surface area contributed by atoms with Gasteiger partial charge >= 0.3 is 0 Å². The smallest absolute Gasteiger partial charge is 0.140 e. The summed E-state index contributed by atoms with van der Waals surface area (Å²) >= 11 is 0. The van der Waals surface area contributed by atoms with E-state index >= 15 is 0 Å². The highest BCUT2D eigenvalue weighted by molar-refractivity contribution is 5.89. The predicted octanol–water partition coefficient (Wildman–Crippen LogP) is 2.21. The number of rotatable bonds is 3. The van der Waals surface area contributed by atoms with Crippen LogP contribution in [0.2, 0.25) is 0 Å². The summed E-state index contributed by atoms with van der Waals surface area (Å²) in [6, 6.07) is 6.10. The van der Waals surface area contributed by atoms with E-state index in [9.17, 15) is 4.79 Å². The Bertz CT molecular complexity index is 448. The fourth-order valence-corrected chi connectivity index (χ4v) is 2.86. The zero-order chi connectivity index (χ0) is 13.2. The number of carbonyl (C=O) groups is 1. The Labute approximate surface area is 109 Å². The van der Waals surface area contributed by atoms with Crippen LogP contribution in [0.15, 0.2) is 18.2 Å². The fraction of sp³-hybridized carbons (Fsp3) is 0.533. The SMILES string of the molecule is COc1ccc(C)cc1C1(C(C)=O)CCNCC1. The van der Waals surface area contributed by atoms with Gasteiger partial charge in [0.05, 0.1) is 12.5 Å². The first-order chi connectivity index (χ1) is 8.60. The molecule has 0 aliphatic carbocycles. The van der Waals surface area contributed by atoms with Crippen molar-refractivity contribution >= 4 is 5.78 Å². The third-order valence-corrected chi connectivity index (χ3v) is 4.00. The summed E-state index contributed by atoms with van der Waals surface area (Å²) in [6.07, 6.45) is 1.70. The molecule has 1 heterocycles. The van der Waals surface area contributed by atoms with Crippen LogP contribution in [-0.2, 0) is 10.2 Å². The number of aryl methyl sites for hydroxylation is 1. The fourth-order valence-electron chi connectivity index (χ4n) is 2.86. The van der Waals surface area contributed by atoms with E-state index in [4.69, 9.17) is 4.74 Å². The molecule has 0 saturated carbocycles. The summed E-state index contributed by atoms with van der Waals surface area (Å²) in [7, 11) is 1.67. The quantitative estimate of drug-likeness (QED) is 0.890. The van der Waals surface area contributed by atoms with Crippen LogP contribution in [0.4, 0.5) is 0 Å². The first kappa shape index (κ1) is 13.1. The maximum atomic E-state index is 12.2. The molecule has 1 N–H and O–H groups in total. The molecule has 3 heteroatoms. The van der Waals surface area contributed by atoms with Crippen molar-refractivity contribution in [2.24, 2.45) is 0 Å². The van der Waals surface area contributed by atoms with Gasteiger partial charge in [-0.2, -0.15) is 0 Å². The minimum absolute atomic E-state index is 0.243. The molecule has 0 aromatic heterocycles. The Morgan fingerprint density at radius 2 is 2.00 bits per heavy atom. The number of ketones is 1. The summed E-state index contributed by atoms with van der Waals surface area (Å²) in [5.74, 6) is 1.07. The molecule has 0 bridgehead atoms. The Kier molecular flexibility index (Phi) is 3.71. The number of piperidine rings is 1. The average molecular weight is 247 g/mol. The standard InChI is InChI=1S/C15H21NO2/c1-11-4-5-14(18-3)13(10-11)15(12(2)17)6-8-16-9-7-15/h4-5,10,16H,6-9H2,1-3H3. The molecular formula is C15H21NO2. The summed E-state index contributed by atoms with van der Waals surface area (Å²) < 4.78 is 5.46. The second-order valence-electron chi connectivity index (χ2n) is 5.09. The monoisotopic (exact) mass is 247 g/mol. The number of methoxy groups -OCH3 is 1. The van der Waals surface area contributed by atoms with Gasteiger partial charge in [-0.1, -0.05) is 17.7 Å². The molecule has 2 rings (SSSR count). The van der Waals surface area contributed by atoms with Gasteiger partial charge in [0.25, 0.3) is 0 Å². The Hall–Kier alpha value is -1.35. The molecule has 0 spiro atoms. The minimum atomic E-state index is -0.372. The lowest BCUT2D eigenvalue weighted by molar-refractivity contribution is -0.123. The summed E-state index contributed by atoms with van der Waals surface area (Å²) in [5.41, 5.74) is 1.85. The van der Waals surface area contributed by atoms with E-state index in [1.54, 1.807) is 14.0 Å². The van der Waals surface area contributed by atoms with Crippen molar-refractivity contribution in [1.82, 2.24) is 5.32 Å². The number of ether oxygens (including phenoxy) is 1. The lowest BCUT2D eigenvalue weighted by Crippen LogP contribution is -2.44. The van der Waals surface area contributed by atoms with Gasteiger partial charge < -0.3 is 10.1 Å². The van der Waals surface area contributed by atoms with Gasteiger partial charge in [-0.3, -0.25) is 4.79 Å². The van der Waals surface area contributed by atoms with Crippen molar-refractivity contribution < 1.29 is 9.53 Å². The van der Waals surface area contributed by atoms with E-state index in [2.05, 4.69) is 18.3 Å². The van der Waals surface area contributed by atoms with Crippen molar-refractivity contribution in [2.45, 2.75) is 32.1 Å². The number of hydrogen-bond acceptors (Lipinski definition) is 3. The minimum Gasteiger partial charge on any atom is -0.496 e. The van der Waals surface area contributed by atoms with E-state index in [0.717, 1.165) is 37.2 Å². The van der Waals surface area contributed by atoms with Crippen molar-refractivity contribution in [3.05, 3.63) is 29.3 Å². The molecule has 0 unspecified atom stereocenters. The van der Waals surface area contributed by atoms with E-state index in [-0.39, 0.29) is 11.2 Å². The van der Waals surface area contributed by atoms with Gasteiger partial charge in [0.15, 0.2) is 0 Å². The lowest BCUT2D eigenvalue weighted by Gasteiger charge is -2.37. The first-order valence-corrected chi connectivity index (χ1v) is 6.47. The summed E-state index contributed by atoms with van der Waals surface area (Å²) in [4.78, 5) is 12.2. The molecule has 1 aliphatic rings. The molecule has 1 aromatic rings. The highest BCUT2D eigenvalue weighted by Gasteiger charge is 2.40. The van der Waals surface area contributed by atoms with Crippen LogP contribution in [-0.4, -0.2) is 26.0 Å². The van der Waals surface area contributed by atoms with E-state index < -0.39 is 0 Å². The Morgan fingerprint density at radius 3 is 2.56 bits per heavy atom. The zero-order valence-electron chi connectivity index (χ0n) is 11.4. The van der Waals surface area contributed by atoms with Gasteiger partial charge in [0.2, 0.25) is 0 Å². The van der Waals surface area contributed by atoms with Gasteiger partial charge in [-0.15, -0.1) is 0 Å². The molecule has 3 nitrogen and oxygen atoms in total. The average Bonchev–Trinajstić information content (AvgIpc) is 2.39. The third-order valence-electron chi connectivity index (χ3n) is 4.00. The van der Waals surface area contributed by atoms with Gasteiger partial charge in [0.1, 0.15) is 11.5 Å². The highest BCUT2D eigenvalue weighted by atomic mass is 16.5. The highest BCUT2D eigenvalue weighted by Crippen LogP contribution is 2.40. The van der Waals surface area contributed by atoms with Crippen LogP contribution in [0.25, 0.3) is 0 Å². The zero-order valence-corrected chi connectivity index (χ0v) is 11.4. The van der Waals surface area contributed by atoms with Crippen molar-refractivity contribution in [2.75, 3.05) is 20.2 Å². The molecule has 1 saturated heterocycles. The van der Waals surface area contributed by atoms with Crippen molar-refractivity contribution in [3.8, 4) is 5.75 Å². The van der Waals surface area contributed by atoms with E-state index in [1.807, 2.05) is 12.1 Å². The maximum absolute atomic E-state index is 12.2. The molecule has 0 amide bonds. The number of nitrogens with one attached hydrogen (secondary N) is 1. The van der Waals surface area contributed by atoms with Crippen molar-refractivity contribution in [3.63, 3.8) is 0 Å². The number of Topliss-reactive ketones (excluding diaryl/α,β-unsaturated/α-hetero) is 1. The first-order valence-electron chi connectivity index (χ1n) is 6.47. The van der Waals surface area contributed by atoms with Crippen LogP contribution in [0.3, 0.4) is 0 Å². The lowest BCUT2D eigenvalue weighted by atomic mass is 9.70. The van der Waals surface area contributed by atoms with Crippen LogP contribution in [0, 0.1) is 6.92 Å². The summed E-state index contributed by atoms with van der Waals surface area (Å²) in [6.45, 7) is 5.53. The van der Waals surface area contributed by atoms with Crippen LogP contribution in [0.5, 0.6) is 5.75 Å². The van der Waals surface area contributed by atoms with Crippen LogP contribution >= 0.6 is 0 Å². The van der Waals surface area contributed by atoms with E-state index in [1.165, 1.54) is 5.56 Å². The predicted molar refractivity (Wildman–Crippen MR) is 72.2 cm³/mol. The second kappa shape index (κ2) is 5.11. The molecule has 0 radical (unpaired) electrons. The van der Waals surface area contributed by atoms with E-state index in [0.29, 0.717) is 0 Å². The molecule has 1 aliphatic heterocycles. The molecule has 18 heavy (non-hydrogen) atoms. The topological polar surface area (TPSA) is 38.3 Å². The molecule has 1 aromatic carbocycles. The van der Waals surface area contributed by atoms with Gasteiger partial charge in [-0.25, -0.2) is 0 Å². The van der Waals surface area contributed by atoms with Crippen molar-refractivity contribution in [1.29, 1.82) is 0 Å². The number of hydrogen-bond donors (Lipinski definition) is 1. The number of benzene rings is 1. The molecular weight excluding hydrogens is 226 g/mol. The van der Waals surface area contributed by atoms with Crippen LogP contribution < -0.4 is 10.1 Å². The Morgan fingerprint density at radius 1 is 1.33 bits per heavy atom. The molecule has 1 fully saturated rings. The second-order valence-corrected chi connectivity index (χ2v) is 5.09.